The molecule has 1 heterocycles. The minimum absolute atomic E-state index is 0.0276. The van der Waals surface area contributed by atoms with Crippen LogP contribution in [0.3, 0.4) is 0 Å². The molecule has 0 aromatic heterocycles. The number of halogens is 2. The normalized spacial score (nSPS) is 18.9. The fourth-order valence-electron chi connectivity index (χ4n) is 8.85. The Balaban J connectivity index is 3.25. The van der Waals surface area contributed by atoms with Gasteiger partial charge in [-0.25, -0.2) is 4.57 Å². The second-order valence-electron chi connectivity index (χ2n) is 19.5. The zero-order valence-corrected chi connectivity index (χ0v) is 44.3. The molecule has 0 bridgehead atoms. The van der Waals surface area contributed by atoms with Crippen LogP contribution in [-0.2, 0) is 47.2 Å². The summed E-state index contributed by atoms with van der Waals surface area (Å²) < 4.78 is 71.7. The first kappa shape index (κ1) is 65.7. The van der Waals surface area contributed by atoms with Crippen molar-refractivity contribution in [3.8, 4) is 0 Å². The third-order valence-electron chi connectivity index (χ3n) is 13.0. The van der Waals surface area contributed by atoms with E-state index in [0.29, 0.717) is 32.1 Å². The van der Waals surface area contributed by atoms with Crippen molar-refractivity contribution in [2.24, 2.45) is 0 Å². The van der Waals surface area contributed by atoms with Gasteiger partial charge in [0.25, 0.3) is 5.91 Å². The van der Waals surface area contributed by atoms with E-state index in [4.69, 9.17) is 23.5 Å². The Hall–Kier alpha value is -2.27. The summed E-state index contributed by atoms with van der Waals surface area (Å²) in [6.45, 7) is 5.17. The van der Waals surface area contributed by atoms with Crippen molar-refractivity contribution in [1.29, 1.82) is 0 Å². The van der Waals surface area contributed by atoms with E-state index in [2.05, 4.69) is 26.1 Å². The molecule has 1 saturated heterocycles. The monoisotopic (exact) mass is 1030 g/mol. The van der Waals surface area contributed by atoms with Crippen molar-refractivity contribution >= 4 is 31.6 Å². The number of hydrogen-bond acceptors (Lipinski definition) is 11. The van der Waals surface area contributed by atoms with Crippen LogP contribution in [-0.4, -0.2) is 99.7 Å². The fourth-order valence-corrected chi connectivity index (χ4v) is 9.42. The summed E-state index contributed by atoms with van der Waals surface area (Å²) >= 11 is 0. The van der Waals surface area contributed by atoms with Crippen LogP contribution in [0.15, 0.2) is 0 Å². The number of amides is 1. The quantitative estimate of drug-likeness (QED) is 0.0217. The zero-order chi connectivity index (χ0) is 51.9. The fraction of sp³-hybridized carbons (Fsp3) is 0.923. The molecule has 0 aromatic rings. The van der Waals surface area contributed by atoms with E-state index in [-0.39, 0.29) is 32.3 Å². The highest BCUT2D eigenvalue weighted by Gasteiger charge is 2.54. The molecular weight excluding hydrogens is 932 g/mol. The van der Waals surface area contributed by atoms with Gasteiger partial charge in [-0.15, -0.1) is 0 Å². The largest absolute Gasteiger partial charge is 0.481 e. The van der Waals surface area contributed by atoms with E-state index in [1.165, 1.54) is 64.2 Å². The Labute approximate surface area is 419 Å². The molecule has 5 N–H and O–H groups in total. The summed E-state index contributed by atoms with van der Waals surface area (Å²) in [7, 11) is -5.48. The van der Waals surface area contributed by atoms with Crippen molar-refractivity contribution in [3.63, 3.8) is 0 Å². The number of aliphatic hydroxyl groups is 1. The van der Waals surface area contributed by atoms with E-state index in [1.807, 2.05) is 0 Å². The number of phosphoric ester groups is 1. The Morgan fingerprint density at radius 2 is 1.09 bits per heavy atom. The Kier molecular flexibility index (Phi) is 38.6. The van der Waals surface area contributed by atoms with Gasteiger partial charge in [0.1, 0.15) is 24.4 Å². The summed E-state index contributed by atoms with van der Waals surface area (Å²) in [5.74, 6) is -8.46. The van der Waals surface area contributed by atoms with Crippen LogP contribution in [0.2, 0.25) is 0 Å². The summed E-state index contributed by atoms with van der Waals surface area (Å²) in [6.07, 6.45) is 20.3. The lowest BCUT2D eigenvalue weighted by Crippen LogP contribution is -2.67. The molecule has 0 saturated carbocycles. The minimum atomic E-state index is -5.48. The van der Waals surface area contributed by atoms with Crippen LogP contribution >= 0.6 is 7.82 Å². The number of carboxylic acids is 1. The summed E-state index contributed by atoms with van der Waals surface area (Å²) in [5.41, 5.74) is 0. The van der Waals surface area contributed by atoms with Crippen LogP contribution in [0.4, 0.5) is 8.78 Å². The Morgan fingerprint density at radius 1 is 0.629 bits per heavy atom. The lowest BCUT2D eigenvalue weighted by Gasteiger charge is -2.45. The number of rotatable bonds is 47. The van der Waals surface area contributed by atoms with Gasteiger partial charge >= 0.3 is 31.7 Å². The minimum Gasteiger partial charge on any atom is -0.481 e. The number of carbonyl (C=O) groups excluding carboxylic acids is 3. The number of hydrogen-bond donors (Lipinski definition) is 5. The van der Waals surface area contributed by atoms with Gasteiger partial charge in [-0.2, -0.15) is 8.78 Å². The molecule has 1 unspecified atom stereocenters. The van der Waals surface area contributed by atoms with Crippen molar-refractivity contribution in [3.05, 3.63) is 0 Å². The molecule has 6 atom stereocenters. The lowest BCUT2D eigenvalue weighted by atomic mass is 9.95. The zero-order valence-electron chi connectivity index (χ0n) is 43.4. The predicted molar refractivity (Wildman–Crippen MR) is 266 cm³/mol. The molecular formula is C52H96F2NO14P. The molecule has 0 aliphatic carbocycles. The highest BCUT2D eigenvalue weighted by molar-refractivity contribution is 7.46. The molecule has 1 rings (SSSR count). The van der Waals surface area contributed by atoms with Crippen LogP contribution in [0.25, 0.3) is 0 Å². The van der Waals surface area contributed by atoms with Crippen LogP contribution in [0, 0.1) is 0 Å². The molecule has 1 fully saturated rings. The smallest absolute Gasteiger partial charge is 0.470 e. The standard InChI is InChI=1S/C52H96F2NO14P/c1-4-7-10-13-16-19-21-23-26-29-32-37-45(59)66-42(35-31-28-25-22-18-15-12-9-6-3)40-46(60)68-49-47(55-51(61)52(53,54)38-33-30-27-24-20-17-14-11-8-5-2)50(65-39-34-36-44(57)58)67-43(41-56)48(49)69-70(62,63)64/h42-43,47-50,56H,4-41H2,1-3H3,(H,55,61)(H,57,58)(H2,62,63,64)/t42-,43-,47-,48-,49-,50?/m1/s1. The Bertz CT molecular complexity index is 1410. The number of carboxylic acid groups (broad SMARTS) is 1. The number of aliphatic carboxylic acids is 1. The molecule has 15 nitrogen and oxygen atoms in total. The second-order valence-corrected chi connectivity index (χ2v) is 20.7. The van der Waals surface area contributed by atoms with Gasteiger partial charge in [0.15, 0.2) is 12.4 Å². The maximum Gasteiger partial charge on any atom is 0.470 e. The Morgan fingerprint density at radius 3 is 1.54 bits per heavy atom. The third kappa shape index (κ3) is 33.5. The van der Waals surface area contributed by atoms with Gasteiger partial charge in [0.05, 0.1) is 19.6 Å². The number of phosphoric acid groups is 1. The molecule has 412 valence electrons. The highest BCUT2D eigenvalue weighted by Crippen LogP contribution is 2.42. The van der Waals surface area contributed by atoms with Gasteiger partial charge in [0.2, 0.25) is 0 Å². The van der Waals surface area contributed by atoms with E-state index in [9.17, 15) is 43.7 Å². The van der Waals surface area contributed by atoms with E-state index in [0.717, 1.165) is 96.3 Å². The topological polar surface area (TPSA) is 224 Å². The van der Waals surface area contributed by atoms with Gasteiger partial charge in [-0.05, 0) is 32.1 Å². The van der Waals surface area contributed by atoms with Gasteiger partial charge in [-0.1, -0.05) is 194 Å². The van der Waals surface area contributed by atoms with E-state index in [1.54, 1.807) is 0 Å². The second kappa shape index (κ2) is 41.1. The summed E-state index contributed by atoms with van der Waals surface area (Å²) in [4.78, 5) is 71.8. The predicted octanol–water partition coefficient (Wildman–Crippen LogP) is 12.3. The van der Waals surface area contributed by atoms with Crippen LogP contribution in [0.5, 0.6) is 0 Å². The molecule has 1 aliphatic heterocycles. The lowest BCUT2D eigenvalue weighted by molar-refractivity contribution is -0.272. The van der Waals surface area contributed by atoms with Gasteiger partial charge < -0.3 is 44.3 Å². The third-order valence-corrected chi connectivity index (χ3v) is 13.5. The molecule has 0 aromatic carbocycles. The van der Waals surface area contributed by atoms with Gasteiger partial charge in [-0.3, -0.25) is 23.7 Å². The number of ether oxygens (including phenoxy) is 4. The number of carbonyl (C=O) groups is 4. The first-order valence-corrected chi connectivity index (χ1v) is 29.0. The maximum absolute atomic E-state index is 15.6. The first-order valence-electron chi connectivity index (χ1n) is 27.5. The van der Waals surface area contributed by atoms with Crippen molar-refractivity contribution < 1.29 is 76.0 Å². The molecule has 1 aliphatic rings. The molecule has 70 heavy (non-hydrogen) atoms. The number of aliphatic hydroxyl groups excluding tert-OH is 1. The first-order chi connectivity index (χ1) is 33.6. The van der Waals surface area contributed by atoms with Crippen LogP contribution in [0.1, 0.15) is 252 Å². The molecule has 1 amide bonds. The molecule has 0 spiro atoms. The number of unbranched alkanes of at least 4 members (excludes halogenated alkanes) is 27. The van der Waals surface area contributed by atoms with E-state index < -0.39 is 93.8 Å². The van der Waals surface area contributed by atoms with Crippen molar-refractivity contribution in [2.45, 2.75) is 295 Å². The van der Waals surface area contributed by atoms with Gasteiger partial charge in [0, 0.05) is 19.3 Å². The summed E-state index contributed by atoms with van der Waals surface area (Å²) in [6, 6.07) is -1.89. The number of alkyl halides is 2. The summed E-state index contributed by atoms with van der Waals surface area (Å²) in [5, 5.41) is 21.6. The highest BCUT2D eigenvalue weighted by atomic mass is 31.2. The SMILES string of the molecule is CCCCCCCCCCCCCC(=O)O[C@H](CCCCCCCCCCC)CC(=O)O[C@H]1[C@H](OP(=O)(O)O)[C@@H](CO)OC(OCCCC(=O)O)[C@@H]1NC(=O)C(F)(F)CCCCCCCCCCCC. The maximum atomic E-state index is 15.6. The number of esters is 2. The van der Waals surface area contributed by atoms with Crippen molar-refractivity contribution in [2.75, 3.05) is 13.2 Å². The van der Waals surface area contributed by atoms with Crippen molar-refractivity contribution in [1.82, 2.24) is 5.32 Å². The van der Waals surface area contributed by atoms with Crippen LogP contribution < -0.4 is 5.32 Å². The average molecular weight is 1030 g/mol. The number of nitrogens with one attached hydrogen (secondary N) is 1. The van der Waals surface area contributed by atoms with E-state index >= 15 is 8.78 Å². The molecule has 0 radical (unpaired) electrons. The molecule has 18 heteroatoms. The average Bonchev–Trinajstić information content (AvgIpc) is 3.30.